The normalized spacial score (nSPS) is 19.2. The molecule has 0 saturated carbocycles. The van der Waals surface area contributed by atoms with Gasteiger partial charge in [0.2, 0.25) is 0 Å². The average molecular weight is 353 g/mol. The number of amides is 3. The fourth-order valence-corrected chi connectivity index (χ4v) is 2.96. The molecule has 0 aliphatic carbocycles. The van der Waals surface area contributed by atoms with Gasteiger partial charge in [0.25, 0.3) is 5.91 Å². The lowest BCUT2D eigenvalue weighted by Gasteiger charge is -2.22. The number of nitriles is 1. The topological polar surface area (TPSA) is 82.4 Å². The van der Waals surface area contributed by atoms with Crippen molar-refractivity contribution in [2.45, 2.75) is 19.0 Å². The molecule has 6 nitrogen and oxygen atoms in total. The van der Waals surface area contributed by atoms with E-state index in [2.05, 4.69) is 5.32 Å². The van der Waals surface area contributed by atoms with Gasteiger partial charge < -0.3 is 10.1 Å². The van der Waals surface area contributed by atoms with Gasteiger partial charge in [0.05, 0.1) is 25.3 Å². The number of benzene rings is 2. The van der Waals surface area contributed by atoms with Gasteiger partial charge in [-0.3, -0.25) is 9.69 Å². The van der Waals surface area contributed by atoms with Crippen molar-refractivity contribution in [2.75, 3.05) is 7.11 Å². The molecule has 3 rings (SSSR count). The number of hydrogen-bond acceptors (Lipinski definition) is 4. The monoisotopic (exact) mass is 353 g/mol. The van der Waals surface area contributed by atoms with Crippen LogP contribution in [0.2, 0.25) is 0 Å². The molecule has 3 amide bonds. The summed E-state index contributed by atoms with van der Waals surface area (Å²) in [5, 5.41) is 11.6. The molecule has 0 radical (unpaired) electrons. The summed E-state index contributed by atoms with van der Waals surface area (Å²) in [7, 11) is 1.43. The number of nitrogens with zero attached hydrogens (tertiary/aromatic N) is 2. The van der Waals surface area contributed by atoms with E-state index in [1.165, 1.54) is 25.3 Å². The highest BCUT2D eigenvalue weighted by atomic mass is 19.1. The second-order valence-corrected chi connectivity index (χ2v) is 6.09. The van der Waals surface area contributed by atoms with Gasteiger partial charge in [-0.05, 0) is 42.8 Å². The van der Waals surface area contributed by atoms with Crippen molar-refractivity contribution >= 4 is 11.9 Å². The molecule has 7 heteroatoms. The smallest absolute Gasteiger partial charge is 0.325 e. The van der Waals surface area contributed by atoms with Crippen molar-refractivity contribution in [3.8, 4) is 11.8 Å². The van der Waals surface area contributed by atoms with Crippen LogP contribution in [0.3, 0.4) is 0 Å². The van der Waals surface area contributed by atoms with Crippen LogP contribution in [-0.2, 0) is 16.9 Å². The van der Waals surface area contributed by atoms with Crippen LogP contribution in [-0.4, -0.2) is 23.9 Å². The third-order valence-corrected chi connectivity index (χ3v) is 4.44. The lowest BCUT2D eigenvalue weighted by molar-refractivity contribution is -0.131. The first kappa shape index (κ1) is 17.4. The number of carbonyl (C=O) groups is 2. The molecule has 0 bridgehead atoms. The molecule has 1 aliphatic heterocycles. The predicted octanol–water partition coefficient (Wildman–Crippen LogP) is 2.67. The molecule has 0 spiro atoms. The number of urea groups is 1. The second-order valence-electron chi connectivity index (χ2n) is 6.09. The Kier molecular flexibility index (Phi) is 4.34. The van der Waals surface area contributed by atoms with Crippen LogP contribution >= 0.6 is 0 Å². The van der Waals surface area contributed by atoms with Crippen molar-refractivity contribution < 1.29 is 18.7 Å². The molecular formula is C19H16FN3O3. The Morgan fingerprint density at radius 2 is 1.92 bits per heavy atom. The minimum Gasteiger partial charge on any atom is -0.496 e. The van der Waals surface area contributed by atoms with E-state index in [1.54, 1.807) is 31.2 Å². The fourth-order valence-electron chi connectivity index (χ4n) is 2.96. The van der Waals surface area contributed by atoms with E-state index in [1.807, 2.05) is 6.07 Å². The lowest BCUT2D eigenvalue weighted by atomic mass is 9.91. The summed E-state index contributed by atoms with van der Waals surface area (Å²) < 4.78 is 18.7. The van der Waals surface area contributed by atoms with Crippen LogP contribution in [0.5, 0.6) is 5.75 Å². The molecule has 1 saturated heterocycles. The SMILES string of the molecule is COc1ccc(F)cc1CN1C(=O)NC(C)(c2ccc(C#N)cc2)C1=O. The van der Waals surface area contributed by atoms with Gasteiger partial charge in [-0.1, -0.05) is 12.1 Å². The minimum atomic E-state index is -1.26. The standard InChI is InChI=1S/C19H16FN3O3/c1-19(14-5-3-12(10-21)4-6-14)17(24)23(18(25)22-19)11-13-9-15(20)7-8-16(13)26-2/h3-9H,11H2,1-2H3,(H,22,25). The Labute approximate surface area is 149 Å². The molecule has 0 aromatic heterocycles. The Morgan fingerprint density at radius 1 is 1.23 bits per heavy atom. The zero-order valence-electron chi connectivity index (χ0n) is 14.2. The Balaban J connectivity index is 1.91. The van der Waals surface area contributed by atoms with Gasteiger partial charge in [0, 0.05) is 5.56 Å². The van der Waals surface area contributed by atoms with Crippen molar-refractivity contribution in [2.24, 2.45) is 0 Å². The van der Waals surface area contributed by atoms with E-state index in [-0.39, 0.29) is 6.54 Å². The zero-order chi connectivity index (χ0) is 18.9. The minimum absolute atomic E-state index is 0.114. The Bertz CT molecular complexity index is 921. The maximum Gasteiger partial charge on any atom is 0.325 e. The number of hydrogen-bond donors (Lipinski definition) is 1. The highest BCUT2D eigenvalue weighted by Gasteiger charge is 2.49. The van der Waals surface area contributed by atoms with Crippen LogP contribution in [0, 0.1) is 17.1 Å². The maximum absolute atomic E-state index is 13.6. The summed E-state index contributed by atoms with van der Waals surface area (Å²) in [4.78, 5) is 26.3. The molecule has 1 unspecified atom stereocenters. The first-order chi connectivity index (χ1) is 12.4. The maximum atomic E-state index is 13.6. The van der Waals surface area contributed by atoms with Gasteiger partial charge in [0.15, 0.2) is 0 Å². The molecule has 1 fully saturated rings. The number of nitrogens with one attached hydrogen (secondary N) is 1. The molecule has 1 aliphatic rings. The molecule has 2 aromatic rings. The highest BCUT2D eigenvalue weighted by Crippen LogP contribution is 2.31. The van der Waals surface area contributed by atoms with Gasteiger partial charge in [0.1, 0.15) is 17.1 Å². The van der Waals surface area contributed by atoms with Crippen molar-refractivity contribution in [1.82, 2.24) is 10.2 Å². The van der Waals surface area contributed by atoms with Gasteiger partial charge in [-0.2, -0.15) is 5.26 Å². The van der Waals surface area contributed by atoms with Crippen LogP contribution in [0.15, 0.2) is 42.5 Å². The number of ether oxygens (including phenoxy) is 1. The quantitative estimate of drug-likeness (QED) is 0.857. The molecule has 1 N–H and O–H groups in total. The summed E-state index contributed by atoms with van der Waals surface area (Å²) >= 11 is 0. The van der Waals surface area contributed by atoms with E-state index >= 15 is 0 Å². The second kappa shape index (κ2) is 6.48. The number of methoxy groups -OCH3 is 1. The van der Waals surface area contributed by atoms with Crippen LogP contribution in [0.25, 0.3) is 0 Å². The number of halogens is 1. The van der Waals surface area contributed by atoms with Crippen molar-refractivity contribution in [1.29, 1.82) is 5.26 Å². The molecule has 1 heterocycles. The van der Waals surface area contributed by atoms with E-state index < -0.39 is 23.3 Å². The first-order valence-corrected chi connectivity index (χ1v) is 7.86. The first-order valence-electron chi connectivity index (χ1n) is 7.86. The zero-order valence-corrected chi connectivity index (χ0v) is 14.2. The number of carbonyl (C=O) groups excluding carboxylic acids is 2. The Morgan fingerprint density at radius 3 is 2.54 bits per heavy atom. The van der Waals surface area contributed by atoms with Gasteiger partial charge >= 0.3 is 6.03 Å². The van der Waals surface area contributed by atoms with Crippen molar-refractivity contribution in [3.05, 3.63) is 65.0 Å². The molecule has 1 atom stereocenters. The predicted molar refractivity (Wildman–Crippen MR) is 90.5 cm³/mol. The summed E-state index contributed by atoms with van der Waals surface area (Å²) in [6, 6.07) is 11.8. The summed E-state index contributed by atoms with van der Waals surface area (Å²) in [6.45, 7) is 1.48. The van der Waals surface area contributed by atoms with Crippen LogP contribution < -0.4 is 10.1 Å². The Hall–Kier alpha value is -3.40. The summed E-state index contributed by atoms with van der Waals surface area (Å²) in [5.74, 6) is -0.555. The van der Waals surface area contributed by atoms with Gasteiger partial charge in [-0.15, -0.1) is 0 Å². The summed E-state index contributed by atoms with van der Waals surface area (Å²) in [6.07, 6.45) is 0. The van der Waals surface area contributed by atoms with Crippen molar-refractivity contribution in [3.63, 3.8) is 0 Å². The van der Waals surface area contributed by atoms with E-state index in [9.17, 15) is 14.0 Å². The number of rotatable bonds is 4. The van der Waals surface area contributed by atoms with Gasteiger partial charge in [-0.25, -0.2) is 9.18 Å². The molecular weight excluding hydrogens is 337 g/mol. The number of imide groups is 1. The van der Waals surface area contributed by atoms with E-state index in [0.29, 0.717) is 22.4 Å². The largest absolute Gasteiger partial charge is 0.496 e. The van der Waals surface area contributed by atoms with Crippen LogP contribution in [0.1, 0.15) is 23.6 Å². The molecule has 132 valence electrons. The molecule has 2 aromatic carbocycles. The molecule has 26 heavy (non-hydrogen) atoms. The van der Waals surface area contributed by atoms with E-state index in [4.69, 9.17) is 10.00 Å². The highest BCUT2D eigenvalue weighted by molar-refractivity contribution is 6.07. The average Bonchev–Trinajstić information content (AvgIpc) is 2.86. The third-order valence-electron chi connectivity index (χ3n) is 4.44. The summed E-state index contributed by atoms with van der Waals surface area (Å²) in [5.41, 5.74) is 0.144. The fraction of sp³-hybridized carbons (Fsp3) is 0.211. The van der Waals surface area contributed by atoms with Crippen LogP contribution in [0.4, 0.5) is 9.18 Å². The third kappa shape index (κ3) is 2.86. The lowest BCUT2D eigenvalue weighted by Crippen LogP contribution is -2.40. The van der Waals surface area contributed by atoms with E-state index in [0.717, 1.165) is 4.90 Å².